The van der Waals surface area contributed by atoms with Gasteiger partial charge in [0.1, 0.15) is 0 Å². The van der Waals surface area contributed by atoms with Crippen molar-refractivity contribution in [3.8, 4) is 0 Å². The van der Waals surface area contributed by atoms with Crippen molar-refractivity contribution in [1.82, 2.24) is 15.0 Å². The van der Waals surface area contributed by atoms with Crippen molar-refractivity contribution in [1.29, 1.82) is 0 Å². The van der Waals surface area contributed by atoms with Gasteiger partial charge in [0.15, 0.2) is 5.82 Å². The molecule has 1 aromatic heterocycles. The summed E-state index contributed by atoms with van der Waals surface area (Å²) in [5, 5.41) is 3.83. The van der Waals surface area contributed by atoms with Gasteiger partial charge in [-0.05, 0) is 31.0 Å². The Kier molecular flexibility index (Phi) is 3.90. The van der Waals surface area contributed by atoms with Crippen LogP contribution in [0.2, 0.25) is 0 Å². The molecule has 0 aliphatic carbocycles. The maximum atomic E-state index is 13.2. The van der Waals surface area contributed by atoms with Crippen molar-refractivity contribution in [3.63, 3.8) is 0 Å². The highest BCUT2D eigenvalue weighted by Crippen LogP contribution is 2.40. The molecule has 1 aliphatic heterocycles. The van der Waals surface area contributed by atoms with Crippen LogP contribution in [0.5, 0.6) is 0 Å². The number of likely N-dealkylation sites (tertiary alicyclic amines) is 1. The van der Waals surface area contributed by atoms with E-state index in [2.05, 4.69) is 10.1 Å². The van der Waals surface area contributed by atoms with Crippen LogP contribution in [0.3, 0.4) is 0 Å². The molecular weight excluding hydrogens is 295 g/mol. The van der Waals surface area contributed by atoms with Gasteiger partial charge in [-0.2, -0.15) is 18.2 Å². The second kappa shape index (κ2) is 5.72. The number of halogens is 3. The predicted octanol–water partition coefficient (Wildman–Crippen LogP) is 3.73. The van der Waals surface area contributed by atoms with Crippen molar-refractivity contribution < 1.29 is 17.7 Å². The van der Waals surface area contributed by atoms with Crippen LogP contribution in [0.4, 0.5) is 13.2 Å². The van der Waals surface area contributed by atoms with Crippen LogP contribution in [-0.4, -0.2) is 21.6 Å². The van der Waals surface area contributed by atoms with Gasteiger partial charge in [0.25, 0.3) is 0 Å². The third-order valence-electron chi connectivity index (χ3n) is 3.90. The average molecular weight is 311 g/mol. The molecule has 0 bridgehead atoms. The first-order valence-electron chi connectivity index (χ1n) is 7.14. The largest absolute Gasteiger partial charge is 0.416 e. The highest BCUT2D eigenvalue weighted by atomic mass is 19.4. The molecule has 0 amide bonds. The number of hydrogen-bond acceptors (Lipinski definition) is 4. The summed E-state index contributed by atoms with van der Waals surface area (Å²) in [6.45, 7) is 2.82. The van der Waals surface area contributed by atoms with Gasteiger partial charge in [0, 0.05) is 13.0 Å². The highest BCUT2D eigenvalue weighted by Gasteiger charge is 2.37. The third kappa shape index (κ3) is 2.99. The fraction of sp³-hybridized carbons (Fsp3) is 0.467. The second-order valence-corrected chi connectivity index (χ2v) is 5.44. The molecule has 1 aliphatic rings. The Hall–Kier alpha value is -1.89. The molecule has 0 radical (unpaired) electrons. The van der Waals surface area contributed by atoms with E-state index in [0.29, 0.717) is 30.2 Å². The van der Waals surface area contributed by atoms with Crippen molar-refractivity contribution in [2.24, 2.45) is 0 Å². The first-order valence-corrected chi connectivity index (χ1v) is 7.14. The van der Waals surface area contributed by atoms with Crippen molar-refractivity contribution >= 4 is 0 Å². The van der Waals surface area contributed by atoms with Crippen LogP contribution in [0.25, 0.3) is 0 Å². The van der Waals surface area contributed by atoms with Gasteiger partial charge in [0.05, 0.1) is 12.1 Å². The number of nitrogens with zero attached hydrogens (tertiary/aromatic N) is 3. The Morgan fingerprint density at radius 2 is 2.09 bits per heavy atom. The van der Waals surface area contributed by atoms with E-state index in [1.807, 2.05) is 4.90 Å². The zero-order valence-electron chi connectivity index (χ0n) is 12.1. The normalized spacial score (nSPS) is 19.7. The lowest BCUT2D eigenvalue weighted by Crippen LogP contribution is -2.25. The molecule has 1 fully saturated rings. The van der Waals surface area contributed by atoms with Crippen LogP contribution in [-0.2, 0) is 12.7 Å². The number of benzene rings is 1. The molecule has 1 saturated heterocycles. The molecular formula is C15H16F3N3O. The fourth-order valence-electron chi connectivity index (χ4n) is 3.00. The molecule has 4 nitrogen and oxygen atoms in total. The van der Waals surface area contributed by atoms with Crippen LogP contribution in [0, 0.1) is 6.92 Å². The summed E-state index contributed by atoms with van der Waals surface area (Å²) in [7, 11) is 0. The molecule has 22 heavy (non-hydrogen) atoms. The Morgan fingerprint density at radius 3 is 2.77 bits per heavy atom. The van der Waals surface area contributed by atoms with E-state index in [0.717, 1.165) is 19.0 Å². The van der Waals surface area contributed by atoms with E-state index < -0.39 is 11.7 Å². The summed E-state index contributed by atoms with van der Waals surface area (Å²) in [5.41, 5.74) is -0.232. The summed E-state index contributed by atoms with van der Waals surface area (Å²) in [4.78, 5) is 6.11. The summed E-state index contributed by atoms with van der Waals surface area (Å²) >= 11 is 0. The Morgan fingerprint density at radius 1 is 1.32 bits per heavy atom. The molecule has 118 valence electrons. The molecule has 1 atom stereocenters. The minimum absolute atomic E-state index is 0.267. The van der Waals surface area contributed by atoms with Crippen molar-refractivity contribution in [2.45, 2.75) is 38.5 Å². The Balaban J connectivity index is 1.87. The van der Waals surface area contributed by atoms with Crippen molar-refractivity contribution in [3.05, 3.63) is 47.1 Å². The van der Waals surface area contributed by atoms with Gasteiger partial charge in [-0.15, -0.1) is 0 Å². The second-order valence-electron chi connectivity index (χ2n) is 5.44. The number of aryl methyl sites for hydroxylation is 1. The molecule has 2 aromatic rings. The minimum Gasteiger partial charge on any atom is -0.340 e. The van der Waals surface area contributed by atoms with Crippen LogP contribution in [0.15, 0.2) is 28.8 Å². The SMILES string of the molecule is Cc1nc(CN2CCCC2c2ccccc2C(F)(F)F)no1. The smallest absolute Gasteiger partial charge is 0.340 e. The lowest BCUT2D eigenvalue weighted by Gasteiger charge is -2.26. The van der Waals surface area contributed by atoms with Gasteiger partial charge in [-0.3, -0.25) is 4.90 Å². The summed E-state index contributed by atoms with van der Waals surface area (Å²) in [5.74, 6) is 0.968. The molecule has 0 N–H and O–H groups in total. The minimum atomic E-state index is -4.34. The van der Waals surface area contributed by atoms with Crippen LogP contribution >= 0.6 is 0 Å². The summed E-state index contributed by atoms with van der Waals surface area (Å²) in [6, 6.07) is 5.52. The fourth-order valence-corrected chi connectivity index (χ4v) is 3.00. The molecule has 2 heterocycles. The third-order valence-corrected chi connectivity index (χ3v) is 3.90. The maximum Gasteiger partial charge on any atom is 0.416 e. The van der Waals surface area contributed by atoms with Gasteiger partial charge in [-0.1, -0.05) is 23.4 Å². The van der Waals surface area contributed by atoms with Gasteiger partial charge in [0.2, 0.25) is 5.89 Å². The van der Waals surface area contributed by atoms with E-state index in [9.17, 15) is 13.2 Å². The first-order chi connectivity index (χ1) is 10.4. The summed E-state index contributed by atoms with van der Waals surface area (Å²) < 4.78 is 44.5. The average Bonchev–Trinajstić information content (AvgIpc) is 3.07. The number of alkyl halides is 3. The van der Waals surface area contributed by atoms with Crippen LogP contribution in [0.1, 0.15) is 41.7 Å². The van der Waals surface area contributed by atoms with E-state index in [1.54, 1.807) is 19.1 Å². The van der Waals surface area contributed by atoms with Crippen LogP contribution < -0.4 is 0 Å². The van der Waals surface area contributed by atoms with Gasteiger partial charge >= 0.3 is 6.18 Å². The quantitative estimate of drug-likeness (QED) is 0.866. The lowest BCUT2D eigenvalue weighted by molar-refractivity contribution is -0.138. The van der Waals surface area contributed by atoms with E-state index >= 15 is 0 Å². The zero-order chi connectivity index (χ0) is 15.7. The van der Waals surface area contributed by atoms with E-state index in [1.165, 1.54) is 6.07 Å². The molecule has 1 unspecified atom stereocenters. The zero-order valence-corrected chi connectivity index (χ0v) is 12.1. The molecule has 1 aromatic carbocycles. The van der Waals surface area contributed by atoms with Gasteiger partial charge < -0.3 is 4.52 Å². The maximum absolute atomic E-state index is 13.2. The van der Waals surface area contributed by atoms with Crippen molar-refractivity contribution in [2.75, 3.05) is 6.54 Å². The predicted molar refractivity (Wildman–Crippen MR) is 72.9 cm³/mol. The lowest BCUT2D eigenvalue weighted by atomic mass is 9.98. The molecule has 7 heteroatoms. The number of aromatic nitrogens is 2. The van der Waals surface area contributed by atoms with E-state index in [-0.39, 0.29) is 6.04 Å². The highest BCUT2D eigenvalue weighted by molar-refractivity contribution is 5.33. The Bertz CT molecular complexity index is 653. The number of rotatable bonds is 3. The topological polar surface area (TPSA) is 42.2 Å². The standard InChI is InChI=1S/C15H16F3N3O/c1-10-19-14(20-22-10)9-21-8-4-7-13(21)11-5-2-3-6-12(11)15(16,17)18/h2-3,5-6,13H,4,7-9H2,1H3. The number of hydrogen-bond donors (Lipinski definition) is 0. The van der Waals surface area contributed by atoms with Gasteiger partial charge in [-0.25, -0.2) is 0 Å². The monoisotopic (exact) mass is 311 g/mol. The first kappa shape index (κ1) is 15.0. The Labute approximate surface area is 125 Å². The van der Waals surface area contributed by atoms with E-state index in [4.69, 9.17) is 4.52 Å². The molecule has 0 saturated carbocycles. The molecule has 3 rings (SSSR count). The summed E-state index contributed by atoms with van der Waals surface area (Å²) in [6.07, 6.45) is -2.79. The molecule has 0 spiro atoms.